The highest BCUT2D eigenvalue weighted by Crippen LogP contribution is 2.14. The fourth-order valence-electron chi connectivity index (χ4n) is 2.04. The molecule has 18 heavy (non-hydrogen) atoms. The van der Waals surface area contributed by atoms with Crippen LogP contribution in [0, 0.1) is 0 Å². The topological polar surface area (TPSA) is 37.4 Å². The molecule has 100 valence electrons. The van der Waals surface area contributed by atoms with E-state index in [0.717, 1.165) is 45.1 Å². The summed E-state index contributed by atoms with van der Waals surface area (Å²) in [6, 6.07) is 4.77. The summed E-state index contributed by atoms with van der Waals surface area (Å²) in [7, 11) is 0. The first-order valence-corrected chi connectivity index (χ1v) is 6.77. The lowest BCUT2D eigenvalue weighted by atomic mass is 10.2. The molecule has 0 aliphatic carbocycles. The van der Waals surface area contributed by atoms with Crippen molar-refractivity contribution in [2.75, 3.05) is 31.2 Å². The molecule has 0 aromatic carbocycles. The first-order valence-electron chi connectivity index (χ1n) is 6.77. The minimum atomic E-state index is 0.508. The van der Waals surface area contributed by atoms with Gasteiger partial charge in [0, 0.05) is 38.5 Å². The fourth-order valence-corrected chi connectivity index (χ4v) is 2.04. The van der Waals surface area contributed by atoms with Gasteiger partial charge in [-0.3, -0.25) is 0 Å². The van der Waals surface area contributed by atoms with Crippen molar-refractivity contribution in [2.45, 2.75) is 32.9 Å². The van der Waals surface area contributed by atoms with E-state index in [1.54, 1.807) is 0 Å². The molecular formula is C14H23N3O. The summed E-state index contributed by atoms with van der Waals surface area (Å²) >= 11 is 0. The van der Waals surface area contributed by atoms with E-state index in [1.165, 1.54) is 5.56 Å². The van der Waals surface area contributed by atoms with Gasteiger partial charge in [0.15, 0.2) is 0 Å². The van der Waals surface area contributed by atoms with Crippen molar-refractivity contribution in [3.8, 4) is 0 Å². The average Bonchev–Trinajstić information content (AvgIpc) is 2.65. The Balaban J connectivity index is 2.01. The second-order valence-electron chi connectivity index (χ2n) is 5.01. The molecule has 0 saturated carbocycles. The summed E-state index contributed by atoms with van der Waals surface area (Å²) in [4.78, 5) is 6.79. The number of anilines is 1. The number of ether oxygens (including phenoxy) is 1. The van der Waals surface area contributed by atoms with E-state index >= 15 is 0 Å². The Morgan fingerprint density at radius 1 is 1.39 bits per heavy atom. The number of rotatable bonds is 4. The van der Waals surface area contributed by atoms with Gasteiger partial charge in [-0.1, -0.05) is 13.8 Å². The normalized spacial score (nSPS) is 16.9. The smallest absolute Gasteiger partial charge is 0.128 e. The summed E-state index contributed by atoms with van der Waals surface area (Å²) in [6.45, 7) is 8.86. The summed E-state index contributed by atoms with van der Waals surface area (Å²) in [5.74, 6) is 1.07. The predicted octanol–water partition coefficient (Wildman–Crippen LogP) is 1.81. The second kappa shape index (κ2) is 6.71. The third kappa shape index (κ3) is 3.96. The molecule has 2 heterocycles. The minimum Gasteiger partial charge on any atom is -0.380 e. The van der Waals surface area contributed by atoms with E-state index in [1.807, 2.05) is 6.20 Å². The Labute approximate surface area is 109 Å². The summed E-state index contributed by atoms with van der Waals surface area (Å²) < 4.78 is 5.47. The van der Waals surface area contributed by atoms with Gasteiger partial charge >= 0.3 is 0 Å². The van der Waals surface area contributed by atoms with Crippen LogP contribution < -0.4 is 10.2 Å². The van der Waals surface area contributed by atoms with Crippen LogP contribution in [0.2, 0.25) is 0 Å². The highest BCUT2D eigenvalue weighted by molar-refractivity contribution is 5.41. The van der Waals surface area contributed by atoms with Crippen LogP contribution in [0.1, 0.15) is 25.8 Å². The monoisotopic (exact) mass is 249 g/mol. The Morgan fingerprint density at radius 2 is 2.28 bits per heavy atom. The molecule has 0 unspecified atom stereocenters. The molecule has 0 atom stereocenters. The van der Waals surface area contributed by atoms with Crippen molar-refractivity contribution in [2.24, 2.45) is 0 Å². The second-order valence-corrected chi connectivity index (χ2v) is 5.01. The van der Waals surface area contributed by atoms with Gasteiger partial charge < -0.3 is 15.0 Å². The van der Waals surface area contributed by atoms with Gasteiger partial charge in [-0.05, 0) is 24.1 Å². The Morgan fingerprint density at radius 3 is 3.11 bits per heavy atom. The van der Waals surface area contributed by atoms with E-state index in [2.05, 4.69) is 41.2 Å². The largest absolute Gasteiger partial charge is 0.380 e. The molecule has 0 radical (unpaired) electrons. The lowest BCUT2D eigenvalue weighted by Gasteiger charge is -2.21. The standard InChI is InChI=1S/C14H23N3O/c1-12(2)16-11-13-4-5-15-14(10-13)17-6-3-8-18-9-7-17/h4-5,10,12,16H,3,6-9,11H2,1-2H3. The SMILES string of the molecule is CC(C)NCc1ccnc(N2CCCOCC2)c1. The van der Waals surface area contributed by atoms with E-state index in [9.17, 15) is 0 Å². The van der Waals surface area contributed by atoms with Crippen LogP contribution in [0.4, 0.5) is 5.82 Å². The molecule has 4 heteroatoms. The van der Waals surface area contributed by atoms with Gasteiger partial charge in [-0.25, -0.2) is 4.98 Å². The van der Waals surface area contributed by atoms with E-state index in [0.29, 0.717) is 6.04 Å². The number of aromatic nitrogens is 1. The van der Waals surface area contributed by atoms with Gasteiger partial charge in [-0.15, -0.1) is 0 Å². The zero-order valence-electron chi connectivity index (χ0n) is 11.4. The fraction of sp³-hybridized carbons (Fsp3) is 0.643. The first kappa shape index (κ1) is 13.3. The lowest BCUT2D eigenvalue weighted by Crippen LogP contribution is -2.27. The Hall–Kier alpha value is -1.13. The van der Waals surface area contributed by atoms with Gasteiger partial charge in [0.2, 0.25) is 0 Å². The van der Waals surface area contributed by atoms with Crippen LogP contribution in [0.5, 0.6) is 0 Å². The van der Waals surface area contributed by atoms with Crippen molar-refractivity contribution in [3.63, 3.8) is 0 Å². The molecule has 0 amide bonds. The zero-order chi connectivity index (χ0) is 12.8. The third-order valence-corrected chi connectivity index (χ3v) is 3.07. The Kier molecular flexibility index (Phi) is 4.96. The van der Waals surface area contributed by atoms with E-state index in [4.69, 9.17) is 4.74 Å². The molecule has 1 N–H and O–H groups in total. The van der Waals surface area contributed by atoms with Crippen LogP contribution in [0.3, 0.4) is 0 Å². The van der Waals surface area contributed by atoms with Crippen LogP contribution in [-0.4, -0.2) is 37.3 Å². The van der Waals surface area contributed by atoms with Crippen molar-refractivity contribution in [1.82, 2.24) is 10.3 Å². The summed E-state index contributed by atoms with van der Waals surface area (Å²) in [5.41, 5.74) is 1.29. The molecule has 2 rings (SSSR count). The highest BCUT2D eigenvalue weighted by Gasteiger charge is 2.11. The predicted molar refractivity (Wildman–Crippen MR) is 73.9 cm³/mol. The van der Waals surface area contributed by atoms with Crippen molar-refractivity contribution in [1.29, 1.82) is 0 Å². The lowest BCUT2D eigenvalue weighted by molar-refractivity contribution is 0.152. The molecule has 1 aliphatic rings. The van der Waals surface area contributed by atoms with Gasteiger partial charge in [0.05, 0.1) is 6.61 Å². The number of hydrogen-bond acceptors (Lipinski definition) is 4. The third-order valence-electron chi connectivity index (χ3n) is 3.07. The maximum atomic E-state index is 5.47. The van der Waals surface area contributed by atoms with Gasteiger partial charge in [-0.2, -0.15) is 0 Å². The number of hydrogen-bond donors (Lipinski definition) is 1. The quantitative estimate of drug-likeness (QED) is 0.883. The van der Waals surface area contributed by atoms with Gasteiger partial charge in [0.25, 0.3) is 0 Å². The summed E-state index contributed by atoms with van der Waals surface area (Å²) in [5, 5.41) is 3.43. The van der Waals surface area contributed by atoms with Crippen LogP contribution in [0.15, 0.2) is 18.3 Å². The van der Waals surface area contributed by atoms with E-state index in [-0.39, 0.29) is 0 Å². The molecule has 1 saturated heterocycles. The molecule has 0 spiro atoms. The molecule has 0 bridgehead atoms. The maximum absolute atomic E-state index is 5.47. The molecule has 4 nitrogen and oxygen atoms in total. The van der Waals surface area contributed by atoms with Crippen LogP contribution >= 0.6 is 0 Å². The highest BCUT2D eigenvalue weighted by atomic mass is 16.5. The molecule has 1 aromatic heterocycles. The van der Waals surface area contributed by atoms with Crippen molar-refractivity contribution in [3.05, 3.63) is 23.9 Å². The molecule has 1 aromatic rings. The van der Waals surface area contributed by atoms with E-state index < -0.39 is 0 Å². The minimum absolute atomic E-state index is 0.508. The average molecular weight is 249 g/mol. The zero-order valence-corrected chi connectivity index (χ0v) is 11.4. The first-order chi connectivity index (χ1) is 8.75. The molecule has 1 aliphatic heterocycles. The molecule has 1 fully saturated rings. The number of nitrogens with zero attached hydrogens (tertiary/aromatic N) is 2. The Bertz CT molecular complexity index is 360. The summed E-state index contributed by atoms with van der Waals surface area (Å²) in [6.07, 6.45) is 2.98. The van der Waals surface area contributed by atoms with Gasteiger partial charge in [0.1, 0.15) is 5.82 Å². The van der Waals surface area contributed by atoms with Crippen molar-refractivity contribution >= 4 is 5.82 Å². The number of pyridine rings is 1. The molecular weight excluding hydrogens is 226 g/mol. The van der Waals surface area contributed by atoms with Crippen LogP contribution in [-0.2, 0) is 11.3 Å². The van der Waals surface area contributed by atoms with Crippen molar-refractivity contribution < 1.29 is 4.74 Å². The van der Waals surface area contributed by atoms with Crippen LogP contribution in [0.25, 0.3) is 0 Å². The maximum Gasteiger partial charge on any atom is 0.128 e. The number of nitrogens with one attached hydrogen (secondary N) is 1.